The second kappa shape index (κ2) is 8.00. The number of ether oxygens (including phenoxy) is 1. The second-order valence-electron chi connectivity index (χ2n) is 4.83. The van der Waals surface area contributed by atoms with Gasteiger partial charge in [0.1, 0.15) is 16.5 Å². The number of pyridine rings is 1. The summed E-state index contributed by atoms with van der Waals surface area (Å²) in [4.78, 5) is 3.65. The molecule has 1 aromatic heterocycles. The van der Waals surface area contributed by atoms with Crippen molar-refractivity contribution in [3.63, 3.8) is 0 Å². The molecule has 0 spiro atoms. The smallest absolute Gasteiger partial charge is 0.242 e. The molecule has 11 heteroatoms. The lowest BCUT2D eigenvalue weighted by molar-refractivity contribution is 0.413. The number of methoxy groups -OCH3 is 1. The Morgan fingerprint density at radius 1 is 1.16 bits per heavy atom. The number of hydrogen-bond donors (Lipinski definition) is 2. The summed E-state index contributed by atoms with van der Waals surface area (Å²) in [7, 11) is -6.36. The molecule has 1 heterocycles. The van der Waals surface area contributed by atoms with Gasteiger partial charge in [0, 0.05) is 18.8 Å². The summed E-state index contributed by atoms with van der Waals surface area (Å²) in [5.41, 5.74) is 0. The number of hydrogen-bond acceptors (Lipinski definition) is 6. The molecule has 1 aromatic carbocycles. The molecule has 2 N–H and O–H groups in total. The van der Waals surface area contributed by atoms with Crippen LogP contribution in [-0.2, 0) is 20.0 Å². The molecule has 0 atom stereocenters. The number of anilines is 1. The Kier molecular flexibility index (Phi) is 6.22. The Balaban J connectivity index is 2.03. The van der Waals surface area contributed by atoms with Gasteiger partial charge in [0.05, 0.1) is 17.9 Å². The van der Waals surface area contributed by atoms with E-state index in [4.69, 9.17) is 16.3 Å². The summed E-state index contributed by atoms with van der Waals surface area (Å²) >= 11 is 5.90. The normalized spacial score (nSPS) is 11.9. The fourth-order valence-corrected chi connectivity index (χ4v) is 4.42. The first kappa shape index (κ1) is 19.4. The highest BCUT2D eigenvalue weighted by molar-refractivity contribution is 7.92. The zero-order chi connectivity index (χ0) is 18.5. The van der Waals surface area contributed by atoms with Gasteiger partial charge in [0.25, 0.3) is 0 Å². The average Bonchev–Trinajstić information content (AvgIpc) is 2.55. The SMILES string of the molecule is COc1ccc(Cl)c(S(=O)(=O)NCCS(=O)(=O)Nc2ccccn2)c1. The highest BCUT2D eigenvalue weighted by atomic mass is 35.5. The Morgan fingerprint density at radius 2 is 1.92 bits per heavy atom. The number of aromatic nitrogens is 1. The Morgan fingerprint density at radius 3 is 2.56 bits per heavy atom. The van der Waals surface area contributed by atoms with E-state index in [1.54, 1.807) is 12.1 Å². The van der Waals surface area contributed by atoms with Crippen LogP contribution in [-0.4, -0.2) is 41.2 Å². The van der Waals surface area contributed by atoms with Crippen LogP contribution in [0.4, 0.5) is 5.82 Å². The van der Waals surface area contributed by atoms with Crippen molar-refractivity contribution in [1.82, 2.24) is 9.71 Å². The highest BCUT2D eigenvalue weighted by Crippen LogP contribution is 2.25. The molecule has 8 nitrogen and oxygen atoms in total. The predicted molar refractivity (Wildman–Crippen MR) is 94.8 cm³/mol. The standard InChI is InChI=1S/C14H16ClN3O5S2/c1-23-11-5-6-12(15)13(10-11)25(21,22)17-8-9-24(19,20)18-14-4-2-3-7-16-14/h2-7,10,17H,8-9H2,1H3,(H,16,18). The van der Waals surface area contributed by atoms with E-state index in [1.807, 2.05) is 0 Å². The van der Waals surface area contributed by atoms with Gasteiger partial charge in [-0.2, -0.15) is 0 Å². The van der Waals surface area contributed by atoms with Crippen LogP contribution in [0, 0.1) is 0 Å². The molecule has 2 rings (SSSR count). The maximum atomic E-state index is 12.3. The molecular formula is C14H16ClN3O5S2. The minimum absolute atomic E-state index is 0.00256. The van der Waals surface area contributed by atoms with Gasteiger partial charge in [-0.05, 0) is 24.3 Å². The van der Waals surface area contributed by atoms with Crippen molar-refractivity contribution in [1.29, 1.82) is 0 Å². The first-order valence-electron chi connectivity index (χ1n) is 6.98. The van der Waals surface area contributed by atoms with E-state index in [1.165, 1.54) is 37.6 Å². The summed E-state index contributed by atoms with van der Waals surface area (Å²) in [6.07, 6.45) is 1.44. The monoisotopic (exact) mass is 405 g/mol. The fraction of sp³-hybridized carbons (Fsp3) is 0.214. The van der Waals surface area contributed by atoms with E-state index < -0.39 is 25.8 Å². The maximum Gasteiger partial charge on any atom is 0.242 e. The van der Waals surface area contributed by atoms with Crippen LogP contribution in [0.3, 0.4) is 0 Å². The molecule has 0 saturated heterocycles. The third kappa shape index (κ3) is 5.56. The third-order valence-electron chi connectivity index (χ3n) is 3.02. The van der Waals surface area contributed by atoms with Crippen molar-refractivity contribution in [3.8, 4) is 5.75 Å². The van der Waals surface area contributed by atoms with Crippen LogP contribution in [0.5, 0.6) is 5.75 Å². The molecule has 136 valence electrons. The van der Waals surface area contributed by atoms with Gasteiger partial charge in [-0.25, -0.2) is 26.5 Å². The molecule has 0 fully saturated rings. The van der Waals surface area contributed by atoms with Crippen molar-refractivity contribution < 1.29 is 21.6 Å². The fourth-order valence-electron chi connectivity index (χ4n) is 1.84. The van der Waals surface area contributed by atoms with Crippen molar-refractivity contribution in [2.75, 3.05) is 24.1 Å². The number of sulfonamides is 2. The predicted octanol–water partition coefficient (Wildman–Crippen LogP) is 1.46. The van der Waals surface area contributed by atoms with E-state index in [-0.39, 0.29) is 22.3 Å². The summed E-state index contributed by atoms with van der Waals surface area (Å²) in [5.74, 6) is 0.000109. The molecule has 0 saturated carbocycles. The lowest BCUT2D eigenvalue weighted by Crippen LogP contribution is -2.31. The number of benzene rings is 1. The van der Waals surface area contributed by atoms with Crippen molar-refractivity contribution >= 4 is 37.5 Å². The van der Waals surface area contributed by atoms with Crippen LogP contribution in [0.1, 0.15) is 0 Å². The Hall–Kier alpha value is -1.88. The van der Waals surface area contributed by atoms with Crippen LogP contribution < -0.4 is 14.2 Å². The molecule has 25 heavy (non-hydrogen) atoms. The number of halogens is 1. The lowest BCUT2D eigenvalue weighted by atomic mass is 10.3. The Bertz CT molecular complexity index is 934. The minimum atomic E-state index is -3.99. The Labute approximate surface area is 151 Å². The molecule has 0 radical (unpaired) electrons. The van der Waals surface area contributed by atoms with Crippen molar-refractivity contribution in [2.45, 2.75) is 4.90 Å². The van der Waals surface area contributed by atoms with Gasteiger partial charge in [0.15, 0.2) is 0 Å². The highest BCUT2D eigenvalue weighted by Gasteiger charge is 2.20. The molecule has 0 aliphatic rings. The molecule has 0 amide bonds. The zero-order valence-corrected chi connectivity index (χ0v) is 15.5. The first-order chi connectivity index (χ1) is 11.7. The quantitative estimate of drug-likeness (QED) is 0.687. The van der Waals surface area contributed by atoms with Gasteiger partial charge in [-0.1, -0.05) is 17.7 Å². The first-order valence-corrected chi connectivity index (χ1v) is 10.5. The van der Waals surface area contributed by atoms with Crippen LogP contribution in [0.25, 0.3) is 0 Å². The summed E-state index contributed by atoms with van der Waals surface area (Å²) in [6.45, 7) is -0.335. The molecule has 0 aliphatic heterocycles. The van der Waals surface area contributed by atoms with Crippen molar-refractivity contribution in [2.24, 2.45) is 0 Å². The van der Waals surface area contributed by atoms with Crippen LogP contribution in [0.15, 0.2) is 47.5 Å². The van der Waals surface area contributed by atoms with E-state index in [0.717, 1.165) is 0 Å². The van der Waals surface area contributed by atoms with Gasteiger partial charge in [-0.3, -0.25) is 4.72 Å². The van der Waals surface area contributed by atoms with Crippen LogP contribution in [0.2, 0.25) is 5.02 Å². The zero-order valence-electron chi connectivity index (χ0n) is 13.1. The van der Waals surface area contributed by atoms with Crippen LogP contribution >= 0.6 is 11.6 Å². The van der Waals surface area contributed by atoms with Gasteiger partial charge >= 0.3 is 0 Å². The maximum absolute atomic E-state index is 12.3. The summed E-state index contributed by atoms with van der Waals surface area (Å²) in [5, 5.41) is 0.00256. The third-order valence-corrected chi connectivity index (χ3v) is 6.22. The average molecular weight is 406 g/mol. The van der Waals surface area contributed by atoms with E-state index in [2.05, 4.69) is 14.4 Å². The number of rotatable bonds is 8. The summed E-state index contributed by atoms with van der Waals surface area (Å²) < 4.78 is 57.9. The summed E-state index contributed by atoms with van der Waals surface area (Å²) in [6, 6.07) is 8.90. The number of nitrogens with one attached hydrogen (secondary N) is 2. The van der Waals surface area contributed by atoms with Gasteiger partial charge in [0.2, 0.25) is 20.0 Å². The van der Waals surface area contributed by atoms with Gasteiger partial charge < -0.3 is 4.74 Å². The van der Waals surface area contributed by atoms with E-state index in [0.29, 0.717) is 5.75 Å². The van der Waals surface area contributed by atoms with Gasteiger partial charge in [-0.15, -0.1) is 0 Å². The molecule has 0 unspecified atom stereocenters. The molecule has 0 bridgehead atoms. The van der Waals surface area contributed by atoms with E-state index >= 15 is 0 Å². The molecule has 2 aromatic rings. The topological polar surface area (TPSA) is 114 Å². The largest absolute Gasteiger partial charge is 0.497 e. The van der Waals surface area contributed by atoms with Crippen molar-refractivity contribution in [3.05, 3.63) is 47.6 Å². The number of nitrogens with zero attached hydrogens (tertiary/aromatic N) is 1. The van der Waals surface area contributed by atoms with E-state index in [9.17, 15) is 16.8 Å². The second-order valence-corrected chi connectivity index (χ2v) is 8.81. The minimum Gasteiger partial charge on any atom is -0.497 e. The molecular weight excluding hydrogens is 390 g/mol. The lowest BCUT2D eigenvalue weighted by Gasteiger charge is -2.11. The molecule has 0 aliphatic carbocycles.